The van der Waals surface area contributed by atoms with Gasteiger partial charge in [0, 0.05) is 29.7 Å². The van der Waals surface area contributed by atoms with Crippen molar-refractivity contribution in [1.29, 1.82) is 0 Å². The topological polar surface area (TPSA) is 110 Å². The highest BCUT2D eigenvalue weighted by Gasteiger charge is 2.31. The molecule has 0 aliphatic heterocycles. The summed E-state index contributed by atoms with van der Waals surface area (Å²) in [6, 6.07) is 2.97. The maximum Gasteiger partial charge on any atom is 0.271 e. The van der Waals surface area contributed by atoms with Crippen LogP contribution in [0.4, 0.5) is 11.4 Å². The molecule has 1 aliphatic carbocycles. The molecule has 1 aliphatic rings. The maximum absolute atomic E-state index is 12.6. The number of carbonyl (C=O) groups is 1. The van der Waals surface area contributed by atoms with E-state index in [0.29, 0.717) is 17.4 Å². The van der Waals surface area contributed by atoms with Gasteiger partial charge >= 0.3 is 0 Å². The molecule has 162 valence electrons. The van der Waals surface area contributed by atoms with E-state index in [1.807, 2.05) is 11.8 Å². The predicted octanol–water partition coefficient (Wildman–Crippen LogP) is 3.24. The van der Waals surface area contributed by atoms with Gasteiger partial charge < -0.3 is 5.32 Å². The molecule has 29 heavy (non-hydrogen) atoms. The van der Waals surface area contributed by atoms with E-state index in [4.69, 9.17) is 0 Å². The summed E-state index contributed by atoms with van der Waals surface area (Å²) in [5.41, 5.74) is 0.449. The second-order valence-corrected chi connectivity index (χ2v) is 10.7. The molecule has 8 nitrogen and oxygen atoms in total. The summed E-state index contributed by atoms with van der Waals surface area (Å²) in [5, 5.41) is 14.5. The Morgan fingerprint density at radius 2 is 2.00 bits per heavy atom. The van der Waals surface area contributed by atoms with Crippen LogP contribution in [0.15, 0.2) is 18.2 Å². The number of nitrogens with zero attached hydrogens (tertiary/aromatic N) is 2. The number of nitro benzene ring substituents is 1. The Bertz CT molecular complexity index is 838. The van der Waals surface area contributed by atoms with Crippen LogP contribution in [-0.2, 0) is 14.8 Å². The molecule has 2 rings (SSSR count). The molecule has 10 heteroatoms. The average molecular weight is 444 g/mol. The average Bonchev–Trinajstić information content (AvgIpc) is 2.66. The van der Waals surface area contributed by atoms with Gasteiger partial charge in [0.15, 0.2) is 0 Å². The fraction of sp³-hybridized carbons (Fsp3) is 0.632. The van der Waals surface area contributed by atoms with Crippen LogP contribution in [0.5, 0.6) is 0 Å². The third kappa shape index (κ3) is 6.60. The molecule has 1 fully saturated rings. The minimum atomic E-state index is -3.83. The number of nitro groups is 1. The Morgan fingerprint density at radius 1 is 1.34 bits per heavy atom. The van der Waals surface area contributed by atoms with Gasteiger partial charge in [-0.2, -0.15) is 11.8 Å². The first kappa shape index (κ1) is 23.5. The molecule has 0 saturated heterocycles. The number of benzene rings is 1. The summed E-state index contributed by atoms with van der Waals surface area (Å²) in [7, 11) is -3.83. The summed E-state index contributed by atoms with van der Waals surface area (Å²) in [6.07, 6.45) is 7.23. The van der Waals surface area contributed by atoms with E-state index in [1.54, 1.807) is 6.92 Å². The minimum absolute atomic E-state index is 0.140. The van der Waals surface area contributed by atoms with Crippen LogP contribution in [-0.4, -0.2) is 49.1 Å². The van der Waals surface area contributed by atoms with Crippen molar-refractivity contribution in [2.45, 2.75) is 57.2 Å². The van der Waals surface area contributed by atoms with Crippen LogP contribution < -0.4 is 9.62 Å². The second-order valence-electron chi connectivity index (χ2n) is 7.38. The summed E-state index contributed by atoms with van der Waals surface area (Å²) >= 11 is 1.85. The molecule has 1 unspecified atom stereocenters. The number of hydrogen-bond donors (Lipinski definition) is 1. The van der Waals surface area contributed by atoms with E-state index in [-0.39, 0.29) is 11.4 Å². The van der Waals surface area contributed by atoms with Crippen molar-refractivity contribution in [1.82, 2.24) is 5.32 Å². The Labute approximate surface area is 176 Å². The van der Waals surface area contributed by atoms with Crippen LogP contribution in [0.1, 0.15) is 44.6 Å². The van der Waals surface area contributed by atoms with Gasteiger partial charge in [0.05, 0.1) is 16.9 Å². The molecule has 0 heterocycles. The Hall–Kier alpha value is -1.81. The van der Waals surface area contributed by atoms with Crippen LogP contribution in [0.2, 0.25) is 0 Å². The number of aryl methyl sites for hydroxylation is 1. The third-order valence-corrected chi connectivity index (χ3v) is 7.65. The first-order valence-electron chi connectivity index (χ1n) is 9.75. The molecule has 1 amide bonds. The SMILES string of the molecule is Cc1ccc([N+](=O)[O-])cc1N(C(C)C(=O)NCCSC1CCCCC1)S(C)(=O)=O. The smallest absolute Gasteiger partial charge is 0.271 e. The molecule has 0 aromatic heterocycles. The summed E-state index contributed by atoms with van der Waals surface area (Å²) in [6.45, 7) is 3.60. The highest BCUT2D eigenvalue weighted by Crippen LogP contribution is 2.30. The van der Waals surface area contributed by atoms with Gasteiger partial charge in [0.1, 0.15) is 6.04 Å². The second kappa shape index (κ2) is 10.3. The molecule has 1 aromatic rings. The van der Waals surface area contributed by atoms with Crippen LogP contribution in [0, 0.1) is 17.0 Å². The lowest BCUT2D eigenvalue weighted by Crippen LogP contribution is -2.48. The standard InChI is InChI=1S/C19H29N3O5S2/c1-14-9-10-16(22(24)25)13-18(14)21(29(3,26)27)15(2)19(23)20-11-12-28-17-7-5-4-6-8-17/h9-10,13,15,17H,4-8,11-12H2,1-3H3,(H,20,23). The zero-order valence-electron chi connectivity index (χ0n) is 17.1. The number of non-ortho nitro benzene ring substituents is 1. The molecule has 1 saturated carbocycles. The van der Waals surface area contributed by atoms with Crippen molar-refractivity contribution in [3.63, 3.8) is 0 Å². The van der Waals surface area contributed by atoms with Crippen molar-refractivity contribution < 1.29 is 18.1 Å². The minimum Gasteiger partial charge on any atom is -0.353 e. The number of hydrogen-bond acceptors (Lipinski definition) is 6. The number of amides is 1. The van der Waals surface area contributed by atoms with Gasteiger partial charge in [0.25, 0.3) is 5.69 Å². The van der Waals surface area contributed by atoms with Gasteiger partial charge in [-0.15, -0.1) is 0 Å². The zero-order valence-corrected chi connectivity index (χ0v) is 18.7. The van der Waals surface area contributed by atoms with Gasteiger partial charge in [-0.3, -0.25) is 19.2 Å². The van der Waals surface area contributed by atoms with Gasteiger partial charge in [-0.1, -0.05) is 25.3 Å². The molecular formula is C19H29N3O5S2. The largest absolute Gasteiger partial charge is 0.353 e. The van der Waals surface area contributed by atoms with Gasteiger partial charge in [-0.05, 0) is 32.3 Å². The van der Waals surface area contributed by atoms with Crippen molar-refractivity contribution in [3.8, 4) is 0 Å². The molecule has 1 aromatic carbocycles. The van der Waals surface area contributed by atoms with E-state index in [0.717, 1.165) is 16.3 Å². The normalized spacial score (nSPS) is 16.2. The number of sulfonamides is 1. The number of thioether (sulfide) groups is 1. The Kier molecular flexibility index (Phi) is 8.33. The summed E-state index contributed by atoms with van der Waals surface area (Å²) in [4.78, 5) is 23.1. The fourth-order valence-corrected chi connectivity index (χ4v) is 5.95. The van der Waals surface area contributed by atoms with E-state index in [9.17, 15) is 23.3 Å². The molecular weight excluding hydrogens is 414 g/mol. The first-order valence-corrected chi connectivity index (χ1v) is 12.6. The lowest BCUT2D eigenvalue weighted by molar-refractivity contribution is -0.384. The van der Waals surface area contributed by atoms with Crippen molar-refractivity contribution in [3.05, 3.63) is 33.9 Å². The van der Waals surface area contributed by atoms with E-state index < -0.39 is 26.9 Å². The predicted molar refractivity (Wildman–Crippen MR) is 117 cm³/mol. The number of carbonyl (C=O) groups excluding carboxylic acids is 1. The monoisotopic (exact) mass is 443 g/mol. The van der Waals surface area contributed by atoms with Crippen molar-refractivity contribution in [2.75, 3.05) is 22.9 Å². The maximum atomic E-state index is 12.6. The number of nitrogens with one attached hydrogen (secondary N) is 1. The highest BCUT2D eigenvalue weighted by molar-refractivity contribution is 7.99. The van der Waals surface area contributed by atoms with E-state index in [1.165, 1.54) is 57.2 Å². The first-order chi connectivity index (χ1) is 13.6. The zero-order chi connectivity index (χ0) is 21.6. The van der Waals surface area contributed by atoms with Crippen molar-refractivity contribution in [2.24, 2.45) is 0 Å². The molecule has 0 radical (unpaired) electrons. The Morgan fingerprint density at radius 3 is 2.59 bits per heavy atom. The quantitative estimate of drug-likeness (QED) is 0.356. The summed E-state index contributed by atoms with van der Waals surface area (Å²) in [5.74, 6) is 0.350. The summed E-state index contributed by atoms with van der Waals surface area (Å²) < 4.78 is 25.8. The molecule has 0 spiro atoms. The van der Waals surface area contributed by atoms with Crippen molar-refractivity contribution >= 4 is 39.1 Å². The third-order valence-electron chi connectivity index (χ3n) is 5.04. The van der Waals surface area contributed by atoms with Crippen LogP contribution in [0.25, 0.3) is 0 Å². The van der Waals surface area contributed by atoms with Gasteiger partial charge in [0.2, 0.25) is 15.9 Å². The van der Waals surface area contributed by atoms with Crippen LogP contribution >= 0.6 is 11.8 Å². The lowest BCUT2D eigenvalue weighted by atomic mass is 10.0. The van der Waals surface area contributed by atoms with Crippen LogP contribution in [0.3, 0.4) is 0 Å². The fourth-order valence-electron chi connectivity index (χ4n) is 3.51. The number of anilines is 1. The Balaban J connectivity index is 2.07. The van der Waals surface area contributed by atoms with Gasteiger partial charge in [-0.25, -0.2) is 8.42 Å². The van der Waals surface area contributed by atoms with E-state index >= 15 is 0 Å². The molecule has 0 bridgehead atoms. The highest BCUT2D eigenvalue weighted by atomic mass is 32.2. The van der Waals surface area contributed by atoms with E-state index in [2.05, 4.69) is 5.32 Å². The number of rotatable bonds is 9. The lowest BCUT2D eigenvalue weighted by Gasteiger charge is -2.29. The molecule has 1 atom stereocenters. The molecule has 1 N–H and O–H groups in total.